The Labute approximate surface area is 177 Å². The summed E-state index contributed by atoms with van der Waals surface area (Å²) in [6, 6.07) is 13.7. The molecule has 0 spiro atoms. The summed E-state index contributed by atoms with van der Waals surface area (Å²) in [6.07, 6.45) is 0.713. The van der Waals surface area contributed by atoms with Gasteiger partial charge in [-0.05, 0) is 36.8 Å². The molecular weight excluding hydrogens is 412 g/mol. The number of ether oxygens (including phenoxy) is 1. The lowest BCUT2D eigenvalue weighted by Crippen LogP contribution is -2.19. The summed E-state index contributed by atoms with van der Waals surface area (Å²) in [5.41, 5.74) is 1.93. The van der Waals surface area contributed by atoms with Crippen molar-refractivity contribution >= 4 is 51.4 Å². The van der Waals surface area contributed by atoms with E-state index in [1.807, 2.05) is 17.5 Å². The second-order valence-electron chi connectivity index (χ2n) is 5.98. The van der Waals surface area contributed by atoms with Crippen molar-refractivity contribution in [2.75, 3.05) is 23.1 Å². The molecular formula is C20H19ClN4O3S. The topological polar surface area (TPSA) is 92.4 Å². The van der Waals surface area contributed by atoms with Gasteiger partial charge in [0.1, 0.15) is 5.75 Å². The SMILES string of the molecule is COc1ccccc1NC(=O)CCc1csc(NC(=O)Nc2cccc(Cl)c2)n1. The van der Waals surface area contributed by atoms with E-state index in [0.29, 0.717) is 33.7 Å². The molecule has 3 aromatic rings. The number of aromatic nitrogens is 1. The number of aryl methyl sites for hydroxylation is 1. The van der Waals surface area contributed by atoms with Gasteiger partial charge in [0.05, 0.1) is 18.5 Å². The van der Waals surface area contributed by atoms with Gasteiger partial charge in [-0.3, -0.25) is 10.1 Å². The second-order valence-corrected chi connectivity index (χ2v) is 7.28. The number of benzene rings is 2. The van der Waals surface area contributed by atoms with E-state index in [9.17, 15) is 9.59 Å². The van der Waals surface area contributed by atoms with E-state index in [1.165, 1.54) is 11.3 Å². The van der Waals surface area contributed by atoms with Gasteiger partial charge in [-0.25, -0.2) is 9.78 Å². The van der Waals surface area contributed by atoms with Crippen LogP contribution in [0.25, 0.3) is 0 Å². The lowest BCUT2D eigenvalue weighted by atomic mass is 10.2. The quantitative estimate of drug-likeness (QED) is 0.490. The van der Waals surface area contributed by atoms with Crippen LogP contribution in [0.15, 0.2) is 53.9 Å². The van der Waals surface area contributed by atoms with E-state index in [0.717, 1.165) is 5.69 Å². The lowest BCUT2D eigenvalue weighted by Gasteiger charge is -2.09. The maximum atomic E-state index is 12.2. The molecule has 3 N–H and O–H groups in total. The number of urea groups is 1. The van der Waals surface area contributed by atoms with Gasteiger partial charge in [0.15, 0.2) is 5.13 Å². The van der Waals surface area contributed by atoms with Gasteiger partial charge in [-0.2, -0.15) is 0 Å². The van der Waals surface area contributed by atoms with Crippen LogP contribution in [-0.4, -0.2) is 24.0 Å². The summed E-state index contributed by atoms with van der Waals surface area (Å²) in [5, 5.41) is 11.0. The minimum atomic E-state index is -0.415. The van der Waals surface area contributed by atoms with Crippen LogP contribution >= 0.6 is 22.9 Å². The van der Waals surface area contributed by atoms with Crippen molar-refractivity contribution in [3.05, 3.63) is 64.6 Å². The summed E-state index contributed by atoms with van der Waals surface area (Å²) < 4.78 is 5.22. The highest BCUT2D eigenvalue weighted by Crippen LogP contribution is 2.23. The number of anilines is 3. The molecule has 2 aromatic carbocycles. The van der Waals surface area contributed by atoms with Crippen LogP contribution in [0.3, 0.4) is 0 Å². The zero-order valence-electron chi connectivity index (χ0n) is 15.6. The molecule has 7 nitrogen and oxygen atoms in total. The molecule has 0 saturated heterocycles. The number of rotatable bonds is 7. The van der Waals surface area contributed by atoms with Crippen molar-refractivity contribution < 1.29 is 14.3 Å². The van der Waals surface area contributed by atoms with Gasteiger partial charge < -0.3 is 15.4 Å². The number of thiazole rings is 1. The zero-order chi connectivity index (χ0) is 20.6. The van der Waals surface area contributed by atoms with Crippen LogP contribution in [0, 0.1) is 0 Å². The van der Waals surface area contributed by atoms with Gasteiger partial charge in [-0.1, -0.05) is 29.8 Å². The summed E-state index contributed by atoms with van der Waals surface area (Å²) in [4.78, 5) is 28.6. The van der Waals surface area contributed by atoms with Crippen molar-refractivity contribution in [2.24, 2.45) is 0 Å². The fraction of sp³-hybridized carbons (Fsp3) is 0.150. The Morgan fingerprint density at radius 2 is 1.93 bits per heavy atom. The Balaban J connectivity index is 1.48. The third-order valence-corrected chi connectivity index (χ3v) is 4.89. The highest BCUT2D eigenvalue weighted by Gasteiger charge is 2.10. The van der Waals surface area contributed by atoms with E-state index in [4.69, 9.17) is 16.3 Å². The molecule has 0 saturated carbocycles. The van der Waals surface area contributed by atoms with Crippen LogP contribution in [0.1, 0.15) is 12.1 Å². The Morgan fingerprint density at radius 3 is 2.72 bits per heavy atom. The molecule has 0 aliphatic rings. The van der Waals surface area contributed by atoms with Crippen molar-refractivity contribution in [1.29, 1.82) is 0 Å². The molecule has 0 aliphatic heterocycles. The van der Waals surface area contributed by atoms with Crippen molar-refractivity contribution in [1.82, 2.24) is 4.98 Å². The number of para-hydroxylation sites is 2. The van der Waals surface area contributed by atoms with Crippen LogP contribution in [0.2, 0.25) is 5.02 Å². The lowest BCUT2D eigenvalue weighted by molar-refractivity contribution is -0.116. The van der Waals surface area contributed by atoms with Crippen LogP contribution in [0.4, 0.5) is 21.3 Å². The molecule has 0 bridgehead atoms. The van der Waals surface area contributed by atoms with E-state index < -0.39 is 6.03 Å². The number of nitrogens with one attached hydrogen (secondary N) is 3. The third-order valence-electron chi connectivity index (χ3n) is 3.84. The summed E-state index contributed by atoms with van der Waals surface area (Å²) in [7, 11) is 1.55. The molecule has 3 rings (SSSR count). The van der Waals surface area contributed by atoms with Crippen molar-refractivity contribution in [3.8, 4) is 5.75 Å². The molecule has 0 aliphatic carbocycles. The molecule has 150 valence electrons. The third kappa shape index (κ3) is 6.20. The molecule has 0 atom stereocenters. The number of amides is 3. The van der Waals surface area contributed by atoms with Crippen molar-refractivity contribution in [3.63, 3.8) is 0 Å². The number of carbonyl (C=O) groups is 2. The number of hydrogen-bond acceptors (Lipinski definition) is 5. The molecule has 0 fully saturated rings. The minimum absolute atomic E-state index is 0.143. The van der Waals surface area contributed by atoms with Crippen LogP contribution in [0.5, 0.6) is 5.75 Å². The molecule has 3 amide bonds. The maximum absolute atomic E-state index is 12.2. The standard InChI is InChI=1S/C20H19ClN4O3S/c1-28-17-8-3-2-7-16(17)24-18(26)10-9-15-12-29-20(23-15)25-19(27)22-14-6-4-5-13(21)11-14/h2-8,11-12H,9-10H2,1H3,(H,24,26)(H2,22,23,25,27). The monoisotopic (exact) mass is 430 g/mol. The molecule has 29 heavy (non-hydrogen) atoms. The first kappa shape index (κ1) is 20.6. The predicted octanol–water partition coefficient (Wildman–Crippen LogP) is 5.02. The number of nitrogens with zero attached hydrogens (tertiary/aromatic N) is 1. The molecule has 9 heteroatoms. The van der Waals surface area contributed by atoms with Gasteiger partial charge >= 0.3 is 6.03 Å². The number of methoxy groups -OCH3 is 1. The highest BCUT2D eigenvalue weighted by molar-refractivity contribution is 7.13. The maximum Gasteiger partial charge on any atom is 0.325 e. The molecule has 0 radical (unpaired) electrons. The first-order chi connectivity index (χ1) is 14.0. The first-order valence-electron chi connectivity index (χ1n) is 8.74. The van der Waals surface area contributed by atoms with Crippen LogP contribution in [-0.2, 0) is 11.2 Å². The summed E-state index contributed by atoms with van der Waals surface area (Å²) >= 11 is 7.19. The fourth-order valence-electron chi connectivity index (χ4n) is 2.51. The van der Waals surface area contributed by atoms with Gasteiger partial charge in [0, 0.05) is 22.5 Å². The molecule has 1 aromatic heterocycles. The Hall–Kier alpha value is -3.10. The predicted molar refractivity (Wildman–Crippen MR) is 116 cm³/mol. The van der Waals surface area contributed by atoms with Gasteiger partial charge in [0.25, 0.3) is 0 Å². The van der Waals surface area contributed by atoms with Crippen LogP contribution < -0.4 is 20.7 Å². The first-order valence-corrected chi connectivity index (χ1v) is 10.00. The van der Waals surface area contributed by atoms with Crippen molar-refractivity contribution in [2.45, 2.75) is 12.8 Å². The van der Waals surface area contributed by atoms with E-state index in [1.54, 1.807) is 43.5 Å². The molecule has 0 unspecified atom stereocenters. The van der Waals surface area contributed by atoms with E-state index in [2.05, 4.69) is 20.9 Å². The summed E-state index contributed by atoms with van der Waals surface area (Å²) in [6.45, 7) is 0. The zero-order valence-corrected chi connectivity index (χ0v) is 17.1. The minimum Gasteiger partial charge on any atom is -0.495 e. The average molecular weight is 431 g/mol. The van der Waals surface area contributed by atoms with Gasteiger partial charge in [-0.15, -0.1) is 11.3 Å². The number of halogens is 1. The van der Waals surface area contributed by atoms with E-state index in [-0.39, 0.29) is 12.3 Å². The van der Waals surface area contributed by atoms with E-state index >= 15 is 0 Å². The van der Waals surface area contributed by atoms with Gasteiger partial charge in [0.2, 0.25) is 5.91 Å². The average Bonchev–Trinajstić information content (AvgIpc) is 3.14. The number of hydrogen-bond donors (Lipinski definition) is 3. The Kier molecular flexibility index (Phi) is 7.04. The smallest absolute Gasteiger partial charge is 0.325 e. The normalized spacial score (nSPS) is 10.3. The number of carbonyl (C=O) groups excluding carboxylic acids is 2. The second kappa shape index (κ2) is 9.90. The highest BCUT2D eigenvalue weighted by atomic mass is 35.5. The summed E-state index contributed by atoms with van der Waals surface area (Å²) in [5.74, 6) is 0.461. The largest absolute Gasteiger partial charge is 0.495 e. The Bertz CT molecular complexity index is 1010. The fourth-order valence-corrected chi connectivity index (χ4v) is 3.44. The Morgan fingerprint density at radius 1 is 1.10 bits per heavy atom. The molecule has 1 heterocycles.